The van der Waals surface area contributed by atoms with Gasteiger partial charge in [-0.3, -0.25) is 4.79 Å². The van der Waals surface area contributed by atoms with Crippen molar-refractivity contribution in [3.63, 3.8) is 0 Å². The summed E-state index contributed by atoms with van der Waals surface area (Å²) in [7, 11) is 0. The molecule has 1 aromatic carbocycles. The van der Waals surface area contributed by atoms with Gasteiger partial charge in [0.25, 0.3) is 0 Å². The molecule has 0 radical (unpaired) electrons. The fraction of sp³-hybridized carbons (Fsp3) is 0.375. The summed E-state index contributed by atoms with van der Waals surface area (Å²) in [6, 6.07) is 11.5. The first-order valence-electron chi connectivity index (χ1n) is 7.11. The first-order chi connectivity index (χ1) is 9.76. The van der Waals surface area contributed by atoms with Gasteiger partial charge in [-0.2, -0.15) is 5.10 Å². The summed E-state index contributed by atoms with van der Waals surface area (Å²) in [6.07, 6.45) is 2.21. The molecule has 2 rings (SSSR count). The predicted molar refractivity (Wildman–Crippen MR) is 80.3 cm³/mol. The van der Waals surface area contributed by atoms with Crippen LogP contribution >= 0.6 is 0 Å². The molecular weight excluding hydrogens is 250 g/mol. The van der Waals surface area contributed by atoms with E-state index in [1.165, 1.54) is 0 Å². The number of nitrogens with zero attached hydrogens (tertiary/aromatic N) is 3. The van der Waals surface area contributed by atoms with Crippen LogP contribution in [0.25, 0.3) is 5.69 Å². The van der Waals surface area contributed by atoms with Gasteiger partial charge in [-0.25, -0.2) is 4.68 Å². The van der Waals surface area contributed by atoms with Crippen molar-refractivity contribution in [3.05, 3.63) is 48.3 Å². The van der Waals surface area contributed by atoms with Crippen LogP contribution < -0.4 is 0 Å². The molecule has 0 N–H and O–H groups in total. The summed E-state index contributed by atoms with van der Waals surface area (Å²) in [5, 5.41) is 4.26. The van der Waals surface area contributed by atoms with Gasteiger partial charge in [-0.05, 0) is 31.3 Å². The quantitative estimate of drug-likeness (QED) is 0.727. The normalized spacial score (nSPS) is 10.9. The van der Waals surface area contributed by atoms with E-state index in [1.807, 2.05) is 30.3 Å². The van der Waals surface area contributed by atoms with Crippen molar-refractivity contribution in [3.8, 4) is 5.69 Å². The van der Waals surface area contributed by atoms with Crippen molar-refractivity contribution >= 4 is 5.78 Å². The monoisotopic (exact) mass is 271 g/mol. The molecule has 0 aliphatic heterocycles. The standard InChI is InChI=1S/C16H21N3O/c1-3-18(4-2)13-11-16(20)15-10-12-17-19(15)14-8-6-5-7-9-14/h5-10,12H,3-4,11,13H2,1-2H3. The zero-order valence-electron chi connectivity index (χ0n) is 12.1. The van der Waals surface area contributed by atoms with Gasteiger partial charge in [-0.15, -0.1) is 0 Å². The molecule has 0 spiro atoms. The Hall–Kier alpha value is -1.94. The Morgan fingerprint density at radius 1 is 1.15 bits per heavy atom. The zero-order chi connectivity index (χ0) is 14.4. The average molecular weight is 271 g/mol. The van der Waals surface area contributed by atoms with Gasteiger partial charge in [-0.1, -0.05) is 32.0 Å². The van der Waals surface area contributed by atoms with E-state index in [1.54, 1.807) is 16.9 Å². The summed E-state index contributed by atoms with van der Waals surface area (Å²) >= 11 is 0. The van der Waals surface area contributed by atoms with E-state index in [4.69, 9.17) is 0 Å². The van der Waals surface area contributed by atoms with Crippen LogP contribution in [-0.4, -0.2) is 40.1 Å². The van der Waals surface area contributed by atoms with Gasteiger partial charge >= 0.3 is 0 Å². The Labute approximate surface area is 120 Å². The molecule has 4 nitrogen and oxygen atoms in total. The number of hydrogen-bond acceptors (Lipinski definition) is 3. The minimum atomic E-state index is 0.137. The van der Waals surface area contributed by atoms with E-state index < -0.39 is 0 Å². The van der Waals surface area contributed by atoms with Crippen LogP contribution in [-0.2, 0) is 0 Å². The van der Waals surface area contributed by atoms with Gasteiger partial charge in [0.1, 0.15) is 5.69 Å². The third-order valence-corrected chi connectivity index (χ3v) is 3.48. The predicted octanol–water partition coefficient (Wildman–Crippen LogP) is 2.79. The highest BCUT2D eigenvalue weighted by Gasteiger charge is 2.14. The Morgan fingerprint density at radius 2 is 1.85 bits per heavy atom. The largest absolute Gasteiger partial charge is 0.303 e. The molecule has 0 saturated carbocycles. The summed E-state index contributed by atoms with van der Waals surface area (Å²) in [4.78, 5) is 14.6. The highest BCUT2D eigenvalue weighted by atomic mass is 16.1. The number of aromatic nitrogens is 2. The van der Waals surface area contributed by atoms with Gasteiger partial charge in [0, 0.05) is 13.0 Å². The molecule has 0 atom stereocenters. The van der Waals surface area contributed by atoms with Gasteiger partial charge in [0.2, 0.25) is 0 Å². The third-order valence-electron chi connectivity index (χ3n) is 3.48. The Bertz CT molecular complexity index is 544. The lowest BCUT2D eigenvalue weighted by Crippen LogP contribution is -2.26. The van der Waals surface area contributed by atoms with E-state index >= 15 is 0 Å². The fourth-order valence-corrected chi connectivity index (χ4v) is 2.22. The van der Waals surface area contributed by atoms with Gasteiger partial charge in [0.15, 0.2) is 5.78 Å². The van der Waals surface area contributed by atoms with Crippen molar-refractivity contribution in [1.29, 1.82) is 0 Å². The summed E-state index contributed by atoms with van der Waals surface area (Å²) in [5.41, 5.74) is 1.58. The summed E-state index contributed by atoms with van der Waals surface area (Å²) < 4.78 is 1.71. The Kier molecular flexibility index (Phi) is 5.07. The SMILES string of the molecule is CCN(CC)CCC(=O)c1ccnn1-c1ccccc1. The molecule has 0 unspecified atom stereocenters. The topological polar surface area (TPSA) is 38.1 Å². The van der Waals surface area contributed by atoms with Crippen LogP contribution in [0.2, 0.25) is 0 Å². The lowest BCUT2D eigenvalue weighted by molar-refractivity contribution is 0.0959. The molecule has 0 aliphatic rings. The second-order valence-electron chi connectivity index (χ2n) is 4.66. The molecule has 0 saturated heterocycles. The number of rotatable bonds is 7. The van der Waals surface area contributed by atoms with Crippen molar-refractivity contribution in [2.75, 3.05) is 19.6 Å². The molecule has 4 heteroatoms. The minimum Gasteiger partial charge on any atom is -0.303 e. The van der Waals surface area contributed by atoms with Crippen molar-refractivity contribution in [1.82, 2.24) is 14.7 Å². The van der Waals surface area contributed by atoms with Crippen LogP contribution in [0.15, 0.2) is 42.6 Å². The smallest absolute Gasteiger partial charge is 0.182 e. The van der Waals surface area contributed by atoms with E-state index in [-0.39, 0.29) is 5.78 Å². The first-order valence-corrected chi connectivity index (χ1v) is 7.11. The maximum absolute atomic E-state index is 12.3. The van der Waals surface area contributed by atoms with Crippen LogP contribution in [0.4, 0.5) is 0 Å². The van der Waals surface area contributed by atoms with E-state index in [2.05, 4.69) is 23.8 Å². The molecule has 0 fully saturated rings. The lowest BCUT2D eigenvalue weighted by Gasteiger charge is -2.17. The van der Waals surface area contributed by atoms with Gasteiger partial charge in [0.05, 0.1) is 11.9 Å². The Morgan fingerprint density at radius 3 is 2.50 bits per heavy atom. The number of carbonyl (C=O) groups excluding carboxylic acids is 1. The van der Waals surface area contributed by atoms with Crippen molar-refractivity contribution < 1.29 is 4.79 Å². The zero-order valence-corrected chi connectivity index (χ0v) is 12.1. The second-order valence-corrected chi connectivity index (χ2v) is 4.66. The molecule has 20 heavy (non-hydrogen) atoms. The highest BCUT2D eigenvalue weighted by molar-refractivity contribution is 5.95. The second kappa shape index (κ2) is 7.01. The summed E-state index contributed by atoms with van der Waals surface area (Å²) in [5.74, 6) is 0.137. The van der Waals surface area contributed by atoms with Crippen molar-refractivity contribution in [2.24, 2.45) is 0 Å². The average Bonchev–Trinajstić information content (AvgIpc) is 2.98. The van der Waals surface area contributed by atoms with E-state index in [0.717, 1.165) is 25.3 Å². The summed E-state index contributed by atoms with van der Waals surface area (Å²) in [6.45, 7) is 6.97. The number of carbonyl (C=O) groups is 1. The molecule has 0 amide bonds. The maximum atomic E-state index is 12.3. The van der Waals surface area contributed by atoms with Crippen LogP contribution in [0.1, 0.15) is 30.8 Å². The van der Waals surface area contributed by atoms with E-state index in [0.29, 0.717) is 12.1 Å². The molecule has 1 heterocycles. The van der Waals surface area contributed by atoms with Gasteiger partial charge < -0.3 is 4.90 Å². The molecular formula is C16H21N3O. The fourth-order valence-electron chi connectivity index (χ4n) is 2.22. The van der Waals surface area contributed by atoms with Crippen molar-refractivity contribution in [2.45, 2.75) is 20.3 Å². The van der Waals surface area contributed by atoms with E-state index in [9.17, 15) is 4.79 Å². The van der Waals surface area contributed by atoms with Crippen LogP contribution in [0, 0.1) is 0 Å². The number of benzene rings is 1. The maximum Gasteiger partial charge on any atom is 0.182 e. The molecule has 2 aromatic rings. The van der Waals surface area contributed by atoms with Crippen LogP contribution in [0.3, 0.4) is 0 Å². The Balaban J connectivity index is 2.10. The van der Waals surface area contributed by atoms with Crippen LogP contribution in [0.5, 0.6) is 0 Å². The first kappa shape index (κ1) is 14.5. The highest BCUT2D eigenvalue weighted by Crippen LogP contribution is 2.12. The number of hydrogen-bond donors (Lipinski definition) is 0. The number of Topliss-reactive ketones (excluding diaryl/α,β-unsaturated/α-hetero) is 1. The molecule has 1 aromatic heterocycles. The molecule has 106 valence electrons. The third kappa shape index (κ3) is 3.33. The molecule has 0 bridgehead atoms. The minimum absolute atomic E-state index is 0.137. The lowest BCUT2D eigenvalue weighted by atomic mass is 10.2. The number of ketones is 1. The molecule has 0 aliphatic carbocycles. The number of para-hydroxylation sites is 1.